The fourth-order valence-corrected chi connectivity index (χ4v) is 8.06. The summed E-state index contributed by atoms with van der Waals surface area (Å²) in [4.78, 5) is 11.0. The molecule has 3 heteroatoms. The lowest BCUT2D eigenvalue weighted by Crippen LogP contribution is -2.13. The SMILES string of the molecule is c1ccc(C2=NC(c3cc4c(oc5cccc(-c6ccc(-c7ccc8ccccc8c7)cc6)c54)c4ccccc34)=NC(c3ccccc3)CCC2)cc1. The van der Waals surface area contributed by atoms with E-state index < -0.39 is 0 Å². The van der Waals surface area contributed by atoms with Crippen LogP contribution >= 0.6 is 0 Å². The van der Waals surface area contributed by atoms with E-state index in [1.165, 1.54) is 27.5 Å². The van der Waals surface area contributed by atoms with Crippen molar-refractivity contribution >= 4 is 55.0 Å². The van der Waals surface area contributed by atoms with Gasteiger partial charge in [-0.2, -0.15) is 0 Å². The van der Waals surface area contributed by atoms with Crippen molar-refractivity contribution < 1.29 is 4.42 Å². The lowest BCUT2D eigenvalue weighted by atomic mass is 9.93. The van der Waals surface area contributed by atoms with Gasteiger partial charge in [0, 0.05) is 21.7 Å². The first-order valence-corrected chi connectivity index (χ1v) is 18.5. The van der Waals surface area contributed by atoms with Gasteiger partial charge in [-0.3, -0.25) is 4.99 Å². The lowest BCUT2D eigenvalue weighted by Gasteiger charge is -2.20. The van der Waals surface area contributed by atoms with Crippen molar-refractivity contribution in [2.75, 3.05) is 0 Å². The van der Waals surface area contributed by atoms with Crippen LogP contribution in [-0.2, 0) is 0 Å². The number of benzene rings is 8. The summed E-state index contributed by atoms with van der Waals surface area (Å²) >= 11 is 0. The van der Waals surface area contributed by atoms with Gasteiger partial charge in [-0.25, -0.2) is 4.99 Å². The second-order valence-electron chi connectivity index (χ2n) is 14.0. The zero-order valence-electron chi connectivity index (χ0n) is 29.2. The normalized spacial score (nSPS) is 15.0. The van der Waals surface area contributed by atoms with Crippen LogP contribution in [-0.4, -0.2) is 11.5 Å². The molecule has 0 aliphatic carbocycles. The Kier molecular flexibility index (Phi) is 7.76. The van der Waals surface area contributed by atoms with Crippen LogP contribution in [0.1, 0.15) is 42.0 Å². The van der Waals surface area contributed by atoms with E-state index in [9.17, 15) is 0 Å². The van der Waals surface area contributed by atoms with Crippen LogP contribution in [0.5, 0.6) is 0 Å². The third-order valence-corrected chi connectivity index (χ3v) is 10.7. The lowest BCUT2D eigenvalue weighted by molar-refractivity contribution is 0.622. The van der Waals surface area contributed by atoms with Crippen LogP contribution in [0.15, 0.2) is 190 Å². The highest BCUT2D eigenvalue weighted by Gasteiger charge is 2.22. The van der Waals surface area contributed by atoms with E-state index in [2.05, 4.69) is 176 Å². The monoisotopic (exact) mass is 680 g/mol. The number of furan rings is 1. The molecule has 1 aliphatic rings. The first-order valence-electron chi connectivity index (χ1n) is 18.5. The Bertz CT molecular complexity index is 2850. The molecule has 0 N–H and O–H groups in total. The highest BCUT2D eigenvalue weighted by Crippen LogP contribution is 2.42. The quantitative estimate of drug-likeness (QED) is 0.178. The fourth-order valence-electron chi connectivity index (χ4n) is 8.06. The van der Waals surface area contributed by atoms with E-state index in [4.69, 9.17) is 14.4 Å². The van der Waals surface area contributed by atoms with Gasteiger partial charge in [-0.1, -0.05) is 158 Å². The number of nitrogens with zero attached hydrogens (tertiary/aromatic N) is 2. The number of hydrogen-bond acceptors (Lipinski definition) is 3. The Hall–Kier alpha value is -6.58. The second-order valence-corrected chi connectivity index (χ2v) is 14.0. The number of amidine groups is 1. The third kappa shape index (κ3) is 5.71. The largest absolute Gasteiger partial charge is 0.455 e. The van der Waals surface area contributed by atoms with Crippen LogP contribution in [0.4, 0.5) is 0 Å². The van der Waals surface area contributed by atoms with Crippen molar-refractivity contribution in [3.8, 4) is 22.3 Å². The minimum Gasteiger partial charge on any atom is -0.455 e. The van der Waals surface area contributed by atoms with Gasteiger partial charge in [0.15, 0.2) is 5.84 Å². The Morgan fingerprint density at radius 2 is 1.19 bits per heavy atom. The summed E-state index contributed by atoms with van der Waals surface area (Å²) in [6, 6.07) is 62.6. The highest BCUT2D eigenvalue weighted by molar-refractivity contribution is 6.25. The number of rotatable bonds is 5. The summed E-state index contributed by atoms with van der Waals surface area (Å²) in [5, 5.41) is 6.82. The Balaban J connectivity index is 1.16. The third-order valence-electron chi connectivity index (χ3n) is 10.7. The standard InChI is InChI=1S/C50H36N2O/c1-3-14-36(15-4-1)45-22-12-23-46(37-16-5-2-6-17-37)52-50(51-45)43-32-44-48-40(21-11-24-47(48)53-49(44)42-20-10-9-19-41(42)43)35-28-25-34(26-29-35)39-30-27-33-13-7-8-18-38(33)31-39/h1-11,13-21,24-32,45H,12,22-23H2. The summed E-state index contributed by atoms with van der Waals surface area (Å²) in [7, 11) is 0. The van der Waals surface area contributed by atoms with Crippen molar-refractivity contribution in [3.05, 3.63) is 193 Å². The second kappa shape index (κ2) is 13.2. The summed E-state index contributed by atoms with van der Waals surface area (Å²) in [5.74, 6) is 0.766. The molecule has 2 heterocycles. The number of aliphatic imine (C=N–C) groups is 2. The first kappa shape index (κ1) is 31.2. The fraction of sp³-hybridized carbons (Fsp3) is 0.0800. The zero-order chi connectivity index (χ0) is 35.1. The van der Waals surface area contributed by atoms with Gasteiger partial charge in [0.2, 0.25) is 0 Å². The van der Waals surface area contributed by atoms with E-state index in [1.807, 2.05) is 0 Å². The molecule has 0 spiro atoms. The van der Waals surface area contributed by atoms with Crippen LogP contribution < -0.4 is 0 Å². The van der Waals surface area contributed by atoms with Crippen molar-refractivity contribution in [1.29, 1.82) is 0 Å². The van der Waals surface area contributed by atoms with Crippen LogP contribution in [0.25, 0.3) is 65.7 Å². The van der Waals surface area contributed by atoms with Gasteiger partial charge in [-0.15, -0.1) is 0 Å². The maximum Gasteiger partial charge on any atom is 0.156 e. The highest BCUT2D eigenvalue weighted by atomic mass is 16.3. The summed E-state index contributed by atoms with van der Waals surface area (Å²) < 4.78 is 6.75. The predicted molar refractivity (Wildman–Crippen MR) is 222 cm³/mol. The average Bonchev–Trinajstić information content (AvgIpc) is 3.60. The first-order chi connectivity index (χ1) is 26.3. The smallest absolute Gasteiger partial charge is 0.156 e. The molecular weight excluding hydrogens is 645 g/mol. The summed E-state index contributed by atoms with van der Waals surface area (Å²) in [6.45, 7) is 0. The molecule has 252 valence electrons. The minimum absolute atomic E-state index is 0.0134. The van der Waals surface area contributed by atoms with Crippen molar-refractivity contribution in [3.63, 3.8) is 0 Å². The van der Waals surface area contributed by atoms with E-state index >= 15 is 0 Å². The molecule has 1 aromatic heterocycles. The molecule has 0 bridgehead atoms. The molecule has 8 aromatic carbocycles. The van der Waals surface area contributed by atoms with Crippen LogP contribution in [0.3, 0.4) is 0 Å². The molecule has 0 saturated carbocycles. The van der Waals surface area contributed by atoms with Crippen molar-refractivity contribution in [1.82, 2.24) is 0 Å². The zero-order valence-corrected chi connectivity index (χ0v) is 29.2. The number of fused-ring (bicyclic) bond motifs is 6. The van der Waals surface area contributed by atoms with E-state index in [-0.39, 0.29) is 6.04 Å². The van der Waals surface area contributed by atoms with E-state index in [0.717, 1.165) is 85.8 Å². The van der Waals surface area contributed by atoms with Gasteiger partial charge < -0.3 is 4.42 Å². The maximum atomic E-state index is 6.75. The molecule has 1 aliphatic heterocycles. The predicted octanol–water partition coefficient (Wildman–Crippen LogP) is 13.4. The number of hydrogen-bond donors (Lipinski definition) is 0. The molecule has 0 saturated heterocycles. The van der Waals surface area contributed by atoms with Crippen LogP contribution in [0.2, 0.25) is 0 Å². The molecule has 1 atom stereocenters. The molecule has 0 radical (unpaired) electrons. The molecule has 1 unspecified atom stereocenters. The molecule has 9 aromatic rings. The van der Waals surface area contributed by atoms with Gasteiger partial charge in [0.1, 0.15) is 11.2 Å². The Morgan fingerprint density at radius 1 is 0.491 bits per heavy atom. The summed E-state index contributed by atoms with van der Waals surface area (Å²) in [6.07, 6.45) is 2.85. The van der Waals surface area contributed by atoms with Crippen molar-refractivity contribution in [2.24, 2.45) is 9.98 Å². The van der Waals surface area contributed by atoms with Gasteiger partial charge in [0.05, 0.1) is 11.8 Å². The molecule has 0 fully saturated rings. The topological polar surface area (TPSA) is 37.9 Å². The van der Waals surface area contributed by atoms with E-state index in [1.54, 1.807) is 0 Å². The minimum atomic E-state index is 0.0134. The molecule has 3 nitrogen and oxygen atoms in total. The van der Waals surface area contributed by atoms with Crippen LogP contribution in [0, 0.1) is 0 Å². The summed E-state index contributed by atoms with van der Waals surface area (Å²) in [5.41, 5.74) is 10.9. The maximum absolute atomic E-state index is 6.75. The Labute approximate surface area is 308 Å². The van der Waals surface area contributed by atoms with Crippen molar-refractivity contribution in [2.45, 2.75) is 25.3 Å². The molecular formula is C50H36N2O. The molecule has 0 amide bonds. The molecule has 10 rings (SSSR count). The molecule has 53 heavy (non-hydrogen) atoms. The van der Waals surface area contributed by atoms with E-state index in [0.29, 0.717) is 0 Å². The van der Waals surface area contributed by atoms with Gasteiger partial charge >= 0.3 is 0 Å². The van der Waals surface area contributed by atoms with Gasteiger partial charge in [-0.05, 0) is 87.0 Å². The Morgan fingerprint density at radius 3 is 2.02 bits per heavy atom. The van der Waals surface area contributed by atoms with Gasteiger partial charge in [0.25, 0.3) is 0 Å². The average molecular weight is 681 g/mol.